The van der Waals surface area contributed by atoms with Crippen molar-refractivity contribution in [3.8, 4) is 5.88 Å². The third-order valence-corrected chi connectivity index (χ3v) is 6.36. The molecule has 0 bridgehead atoms. The molecule has 8 nitrogen and oxygen atoms in total. The second kappa shape index (κ2) is 9.66. The molecule has 30 heavy (non-hydrogen) atoms. The monoisotopic (exact) mass is 437 g/mol. The molecule has 5 rings (SSSR count). The number of nitrogens with zero attached hydrogens (tertiary/aromatic N) is 4. The molecule has 1 N–H and O–H groups in total. The van der Waals surface area contributed by atoms with Crippen LogP contribution in [0.4, 0.5) is 0 Å². The van der Waals surface area contributed by atoms with E-state index in [1.165, 1.54) is 58.0 Å². The Kier molecular flexibility index (Phi) is 6.95. The summed E-state index contributed by atoms with van der Waals surface area (Å²) in [5.41, 5.74) is 1.04. The number of halogens is 1. The van der Waals surface area contributed by atoms with Gasteiger partial charge in [-0.2, -0.15) is 9.97 Å². The molecule has 1 aliphatic carbocycles. The Labute approximate surface area is 181 Å². The number of aromatic nitrogens is 4. The highest BCUT2D eigenvalue weighted by molar-refractivity contribution is 6.28. The highest BCUT2D eigenvalue weighted by Crippen LogP contribution is 2.47. The van der Waals surface area contributed by atoms with Gasteiger partial charge in [-0.25, -0.2) is 4.79 Å². The Morgan fingerprint density at radius 2 is 1.87 bits per heavy atom. The maximum Gasteiger partial charge on any atom is 0.327 e. The zero-order chi connectivity index (χ0) is 21.0. The van der Waals surface area contributed by atoms with Crippen molar-refractivity contribution in [3.05, 3.63) is 15.8 Å². The molecule has 9 heteroatoms. The largest absolute Gasteiger partial charge is 0.475 e. The summed E-state index contributed by atoms with van der Waals surface area (Å²) in [4.78, 5) is 25.6. The summed E-state index contributed by atoms with van der Waals surface area (Å²) in [5.74, 6) is 0.401. The van der Waals surface area contributed by atoms with E-state index >= 15 is 0 Å². The van der Waals surface area contributed by atoms with Gasteiger partial charge in [0.1, 0.15) is 0 Å². The van der Waals surface area contributed by atoms with Crippen LogP contribution in [0.5, 0.6) is 5.88 Å². The lowest BCUT2D eigenvalue weighted by molar-refractivity contribution is 0.0968. The molecule has 1 saturated carbocycles. The van der Waals surface area contributed by atoms with E-state index in [0.717, 1.165) is 19.8 Å². The topological polar surface area (TPSA) is 85.3 Å². The molecule has 2 aromatic rings. The van der Waals surface area contributed by atoms with Crippen LogP contribution < -0.4 is 10.4 Å². The average molecular weight is 438 g/mol. The molecule has 0 amide bonds. The van der Waals surface area contributed by atoms with Crippen molar-refractivity contribution in [2.24, 2.45) is 5.41 Å². The Morgan fingerprint density at radius 3 is 2.43 bits per heavy atom. The van der Waals surface area contributed by atoms with Crippen LogP contribution in [-0.4, -0.2) is 63.9 Å². The van der Waals surface area contributed by atoms with Gasteiger partial charge in [-0.05, 0) is 76.6 Å². The van der Waals surface area contributed by atoms with Crippen molar-refractivity contribution in [3.63, 3.8) is 0 Å². The summed E-state index contributed by atoms with van der Waals surface area (Å²) >= 11 is 5.99. The lowest BCUT2D eigenvalue weighted by atomic mass is 10.1. The lowest BCUT2D eigenvalue weighted by Crippen LogP contribution is -2.31. The predicted molar refractivity (Wildman–Crippen MR) is 116 cm³/mol. The molecule has 0 aromatic carbocycles. The molecule has 0 atom stereocenters. The number of aromatic amines is 1. The molecule has 2 aromatic heterocycles. The summed E-state index contributed by atoms with van der Waals surface area (Å²) in [5, 5.41) is 0.0893. The molecule has 0 radical (unpaired) electrons. The number of H-pyrrole nitrogens is 1. The lowest BCUT2D eigenvalue weighted by Gasteiger charge is -2.23. The summed E-state index contributed by atoms with van der Waals surface area (Å²) in [6, 6.07) is 0. The molecule has 166 valence electrons. The molecular weight excluding hydrogens is 406 g/mol. The third kappa shape index (κ3) is 5.15. The fourth-order valence-electron chi connectivity index (χ4n) is 4.26. The molecule has 0 spiro atoms. The highest BCUT2D eigenvalue weighted by atomic mass is 35.5. The zero-order valence-electron chi connectivity index (χ0n) is 17.8. The van der Waals surface area contributed by atoms with Crippen molar-refractivity contribution in [2.75, 3.05) is 39.5 Å². The highest BCUT2D eigenvalue weighted by Gasteiger charge is 2.45. The van der Waals surface area contributed by atoms with Crippen molar-refractivity contribution in [1.82, 2.24) is 24.4 Å². The van der Waals surface area contributed by atoms with E-state index in [1.807, 2.05) is 6.92 Å². The van der Waals surface area contributed by atoms with Crippen LogP contribution in [0.15, 0.2) is 4.79 Å². The van der Waals surface area contributed by atoms with E-state index in [2.05, 4.69) is 19.9 Å². The minimum Gasteiger partial charge on any atom is -0.475 e. The summed E-state index contributed by atoms with van der Waals surface area (Å²) in [6.07, 6.45) is 8.88. The van der Waals surface area contributed by atoms with Gasteiger partial charge in [0, 0.05) is 31.7 Å². The molecule has 2 saturated heterocycles. The third-order valence-electron chi connectivity index (χ3n) is 6.19. The minimum atomic E-state index is -0.216. The van der Waals surface area contributed by atoms with Gasteiger partial charge in [0.25, 0.3) is 0 Å². The van der Waals surface area contributed by atoms with Gasteiger partial charge in [-0.3, -0.25) is 9.55 Å². The fraction of sp³-hybridized carbons (Fsp3) is 0.762. The first kappa shape index (κ1) is 21.6. The fourth-order valence-corrected chi connectivity index (χ4v) is 4.42. The first-order valence-electron chi connectivity index (χ1n) is 11.2. The van der Waals surface area contributed by atoms with E-state index in [9.17, 15) is 4.79 Å². The van der Waals surface area contributed by atoms with Crippen LogP contribution >= 0.6 is 11.6 Å². The molecule has 4 heterocycles. The summed E-state index contributed by atoms with van der Waals surface area (Å²) < 4.78 is 12.7. The number of aryl methyl sites for hydroxylation is 1. The number of nitrogens with one attached hydrogen (secondary N) is 1. The van der Waals surface area contributed by atoms with E-state index in [-0.39, 0.29) is 16.4 Å². The zero-order valence-corrected chi connectivity index (χ0v) is 18.5. The molecular formula is C21H32ClN5O3. The van der Waals surface area contributed by atoms with Gasteiger partial charge in [0.15, 0.2) is 11.2 Å². The molecule has 3 fully saturated rings. The van der Waals surface area contributed by atoms with Gasteiger partial charge < -0.3 is 14.4 Å². The molecule has 3 aliphatic rings. The van der Waals surface area contributed by atoms with E-state index in [0.29, 0.717) is 30.2 Å². The maximum absolute atomic E-state index is 12.0. The number of ether oxygens (including phenoxy) is 2. The number of fused-ring (bicyclic) bond motifs is 1. The summed E-state index contributed by atoms with van der Waals surface area (Å²) in [7, 11) is 0. The van der Waals surface area contributed by atoms with Crippen LogP contribution in [0.25, 0.3) is 11.2 Å². The Balaban J connectivity index is 0.000000313. The SMILES string of the molecule is C1CCOCC1.CCn1c(=O)[nH]c2nc(Cl)nc(OCC3(CN4CCCC4)CC3)c21. The quantitative estimate of drug-likeness (QED) is 0.698. The number of hydrogen-bond donors (Lipinski definition) is 1. The van der Waals surface area contributed by atoms with Crippen molar-refractivity contribution in [1.29, 1.82) is 0 Å². The smallest absolute Gasteiger partial charge is 0.327 e. The standard InChI is InChI=1S/C16H22ClN5O2.C5H10O/c1-2-22-11-12(19-15(22)23)18-14(17)20-13(11)24-10-16(5-6-16)9-21-7-3-4-8-21;1-2-4-6-5-3-1/h2-10H2,1H3,(H,18,19,20,23);1-5H2. The minimum absolute atomic E-state index is 0.0893. The van der Waals surface area contributed by atoms with Crippen molar-refractivity contribution in [2.45, 2.75) is 58.4 Å². The Morgan fingerprint density at radius 1 is 1.13 bits per heavy atom. The van der Waals surface area contributed by atoms with Crippen LogP contribution in [0.1, 0.15) is 51.9 Å². The van der Waals surface area contributed by atoms with E-state index in [1.54, 1.807) is 4.57 Å². The van der Waals surface area contributed by atoms with Gasteiger partial charge in [0.2, 0.25) is 11.2 Å². The normalized spacial score (nSPS) is 20.7. The first-order chi connectivity index (χ1) is 14.6. The second-order valence-corrected chi connectivity index (χ2v) is 8.95. The molecule has 0 unspecified atom stereocenters. The summed E-state index contributed by atoms with van der Waals surface area (Å²) in [6.45, 7) is 8.51. The number of rotatable bonds is 6. The number of hydrogen-bond acceptors (Lipinski definition) is 6. The molecule has 2 aliphatic heterocycles. The van der Waals surface area contributed by atoms with Crippen molar-refractivity contribution >= 4 is 22.8 Å². The number of likely N-dealkylation sites (tertiary alicyclic amines) is 1. The number of imidazole rings is 1. The maximum atomic E-state index is 12.0. The van der Waals surface area contributed by atoms with Crippen molar-refractivity contribution < 1.29 is 9.47 Å². The Bertz CT molecular complexity index is 886. The first-order valence-corrected chi connectivity index (χ1v) is 11.6. The average Bonchev–Trinajstić information content (AvgIpc) is 3.16. The van der Waals surface area contributed by atoms with Gasteiger partial charge in [-0.15, -0.1) is 0 Å². The predicted octanol–water partition coefficient (Wildman–Crippen LogP) is 3.23. The van der Waals surface area contributed by atoms with Gasteiger partial charge >= 0.3 is 5.69 Å². The van der Waals surface area contributed by atoms with Gasteiger partial charge in [0.05, 0.1) is 6.61 Å². The van der Waals surface area contributed by atoms with Crippen LogP contribution in [-0.2, 0) is 11.3 Å². The van der Waals surface area contributed by atoms with Crippen LogP contribution in [0.2, 0.25) is 5.28 Å². The Hall–Kier alpha value is -1.64. The van der Waals surface area contributed by atoms with E-state index < -0.39 is 0 Å². The second-order valence-electron chi connectivity index (χ2n) is 8.61. The van der Waals surface area contributed by atoms with E-state index in [4.69, 9.17) is 21.1 Å². The van der Waals surface area contributed by atoms with Crippen LogP contribution in [0, 0.1) is 5.41 Å². The van der Waals surface area contributed by atoms with Crippen LogP contribution in [0.3, 0.4) is 0 Å². The van der Waals surface area contributed by atoms with Gasteiger partial charge in [-0.1, -0.05) is 0 Å².